The Morgan fingerprint density at radius 2 is 1.65 bits per heavy atom. The van der Waals surface area contributed by atoms with Crippen molar-refractivity contribution in [1.82, 2.24) is 5.01 Å². The van der Waals surface area contributed by atoms with Crippen molar-refractivity contribution in [3.8, 4) is 5.75 Å². The van der Waals surface area contributed by atoms with Crippen LogP contribution in [0.25, 0.3) is 0 Å². The van der Waals surface area contributed by atoms with Gasteiger partial charge in [-0.15, -0.1) is 0 Å². The molecule has 0 N–H and O–H groups in total. The summed E-state index contributed by atoms with van der Waals surface area (Å²) in [7, 11) is 0. The van der Waals surface area contributed by atoms with Crippen LogP contribution in [0.15, 0.2) is 77.9 Å². The van der Waals surface area contributed by atoms with Crippen molar-refractivity contribution in [2.45, 2.75) is 12.5 Å². The summed E-state index contributed by atoms with van der Waals surface area (Å²) < 4.78 is 5.63. The first-order chi connectivity index (χ1) is 15.0. The van der Waals surface area contributed by atoms with Gasteiger partial charge in [-0.3, -0.25) is 9.59 Å². The van der Waals surface area contributed by atoms with Crippen molar-refractivity contribution in [3.63, 3.8) is 0 Å². The second-order valence-electron chi connectivity index (χ2n) is 7.01. The molecule has 0 bridgehead atoms. The Morgan fingerprint density at radius 1 is 1.00 bits per heavy atom. The minimum atomic E-state index is -0.315. The highest BCUT2D eigenvalue weighted by Crippen LogP contribution is 2.33. The zero-order valence-corrected chi connectivity index (χ0v) is 17.9. The number of hydrogen-bond acceptors (Lipinski definition) is 4. The van der Waals surface area contributed by atoms with Gasteiger partial charge in [0, 0.05) is 16.5 Å². The van der Waals surface area contributed by atoms with Gasteiger partial charge in [0.05, 0.1) is 17.3 Å². The fourth-order valence-electron chi connectivity index (χ4n) is 3.42. The van der Waals surface area contributed by atoms with Crippen LogP contribution in [-0.2, 0) is 4.79 Å². The lowest BCUT2D eigenvalue weighted by atomic mass is 9.98. The van der Waals surface area contributed by atoms with Gasteiger partial charge in [0.1, 0.15) is 5.75 Å². The SMILES string of the molecule is O=Cc1ccccc1OCC(=O)N1N=C(c2ccc(Cl)cc2)CC1c1ccc(Cl)cc1. The monoisotopic (exact) mass is 452 g/mol. The molecule has 0 saturated carbocycles. The molecule has 31 heavy (non-hydrogen) atoms. The van der Waals surface area contributed by atoms with Gasteiger partial charge in [0.15, 0.2) is 12.9 Å². The standard InChI is InChI=1S/C24H18Cl2N2O3/c25-19-9-5-16(6-10-19)21-13-22(17-7-11-20(26)12-8-17)28(27-21)24(30)15-31-23-4-2-1-3-18(23)14-29/h1-12,14,22H,13,15H2. The molecule has 1 atom stereocenters. The quantitative estimate of drug-likeness (QED) is 0.459. The molecule has 0 saturated heterocycles. The summed E-state index contributed by atoms with van der Waals surface area (Å²) in [4.78, 5) is 24.3. The molecule has 1 unspecified atom stereocenters. The minimum absolute atomic E-state index is 0.244. The second-order valence-corrected chi connectivity index (χ2v) is 7.88. The maximum Gasteiger partial charge on any atom is 0.281 e. The molecule has 4 rings (SSSR count). The number of carbonyl (C=O) groups is 2. The van der Waals surface area contributed by atoms with Gasteiger partial charge in [-0.1, -0.05) is 59.6 Å². The van der Waals surface area contributed by atoms with Crippen LogP contribution in [0.1, 0.15) is 33.9 Å². The molecule has 7 heteroatoms. The van der Waals surface area contributed by atoms with E-state index in [2.05, 4.69) is 5.10 Å². The first-order valence-corrected chi connectivity index (χ1v) is 10.4. The van der Waals surface area contributed by atoms with Gasteiger partial charge in [-0.25, -0.2) is 5.01 Å². The third-order valence-corrected chi connectivity index (χ3v) is 5.50. The number of rotatable bonds is 6. The van der Waals surface area contributed by atoms with E-state index in [-0.39, 0.29) is 18.6 Å². The highest BCUT2D eigenvalue weighted by Gasteiger charge is 2.33. The van der Waals surface area contributed by atoms with Crippen LogP contribution in [0.3, 0.4) is 0 Å². The number of ether oxygens (including phenoxy) is 1. The molecule has 1 heterocycles. The Morgan fingerprint density at radius 3 is 2.32 bits per heavy atom. The van der Waals surface area contributed by atoms with E-state index in [1.54, 1.807) is 48.5 Å². The van der Waals surface area contributed by atoms with Crippen molar-refractivity contribution < 1.29 is 14.3 Å². The number of para-hydroxylation sites is 1. The fraction of sp³-hybridized carbons (Fsp3) is 0.125. The molecule has 1 amide bonds. The third-order valence-electron chi connectivity index (χ3n) is 5.00. The zero-order valence-electron chi connectivity index (χ0n) is 16.4. The van der Waals surface area contributed by atoms with Gasteiger partial charge in [-0.05, 0) is 47.5 Å². The molecular formula is C24H18Cl2N2O3. The molecule has 1 aliphatic heterocycles. The van der Waals surface area contributed by atoms with Crippen molar-refractivity contribution in [2.75, 3.05) is 6.61 Å². The summed E-state index contributed by atoms with van der Waals surface area (Å²) in [6.07, 6.45) is 1.24. The van der Waals surface area contributed by atoms with Crippen LogP contribution in [0.5, 0.6) is 5.75 Å². The summed E-state index contributed by atoms with van der Waals surface area (Å²) in [6.45, 7) is -0.244. The number of amides is 1. The summed E-state index contributed by atoms with van der Waals surface area (Å²) in [5.74, 6) is 0.0413. The van der Waals surface area contributed by atoms with Crippen LogP contribution in [0.2, 0.25) is 10.0 Å². The highest BCUT2D eigenvalue weighted by atomic mass is 35.5. The number of aldehydes is 1. The Labute approximate surface area is 189 Å². The van der Waals surface area contributed by atoms with E-state index in [1.807, 2.05) is 24.3 Å². The van der Waals surface area contributed by atoms with E-state index >= 15 is 0 Å². The average Bonchev–Trinajstić information content (AvgIpc) is 3.24. The predicted molar refractivity (Wildman–Crippen MR) is 121 cm³/mol. The predicted octanol–water partition coefficient (Wildman–Crippen LogP) is 5.56. The maximum atomic E-state index is 13.1. The van der Waals surface area contributed by atoms with E-state index < -0.39 is 0 Å². The van der Waals surface area contributed by atoms with E-state index in [0.29, 0.717) is 34.1 Å². The van der Waals surface area contributed by atoms with Crippen LogP contribution in [0, 0.1) is 0 Å². The molecule has 3 aromatic carbocycles. The topological polar surface area (TPSA) is 59.0 Å². The lowest BCUT2D eigenvalue weighted by Gasteiger charge is -2.22. The third kappa shape index (κ3) is 4.79. The van der Waals surface area contributed by atoms with Gasteiger partial charge >= 0.3 is 0 Å². The van der Waals surface area contributed by atoms with Gasteiger partial charge in [0.2, 0.25) is 0 Å². The van der Waals surface area contributed by atoms with Crippen molar-refractivity contribution in [1.29, 1.82) is 0 Å². The Balaban J connectivity index is 1.59. The summed E-state index contributed by atoms with van der Waals surface area (Å²) >= 11 is 12.0. The number of halogens is 2. The Bertz CT molecular complexity index is 1130. The number of benzene rings is 3. The normalized spacial score (nSPS) is 15.5. The molecule has 0 spiro atoms. The Hall–Kier alpha value is -3.15. The molecule has 1 aliphatic rings. The van der Waals surface area contributed by atoms with E-state index in [9.17, 15) is 9.59 Å². The molecule has 0 aromatic heterocycles. The van der Waals surface area contributed by atoms with Crippen molar-refractivity contribution in [2.24, 2.45) is 5.10 Å². The minimum Gasteiger partial charge on any atom is -0.483 e. The van der Waals surface area contributed by atoms with Gasteiger partial charge < -0.3 is 4.74 Å². The summed E-state index contributed by atoms with van der Waals surface area (Å²) in [6, 6.07) is 21.2. The molecule has 3 aromatic rings. The first kappa shape index (κ1) is 21.1. The molecule has 0 fully saturated rings. The number of nitrogens with zero attached hydrogens (tertiary/aromatic N) is 2. The van der Waals surface area contributed by atoms with Gasteiger partial charge in [0.25, 0.3) is 5.91 Å². The lowest BCUT2D eigenvalue weighted by molar-refractivity contribution is -0.135. The van der Waals surface area contributed by atoms with Crippen LogP contribution >= 0.6 is 23.2 Å². The summed E-state index contributed by atoms with van der Waals surface area (Å²) in [5, 5.41) is 7.29. The second kappa shape index (κ2) is 9.33. The van der Waals surface area contributed by atoms with Crippen LogP contribution < -0.4 is 4.74 Å². The highest BCUT2D eigenvalue weighted by molar-refractivity contribution is 6.31. The first-order valence-electron chi connectivity index (χ1n) is 9.63. The van der Waals surface area contributed by atoms with Crippen molar-refractivity contribution >= 4 is 41.1 Å². The molecule has 0 radical (unpaired) electrons. The van der Waals surface area contributed by atoms with E-state index in [1.165, 1.54) is 5.01 Å². The largest absolute Gasteiger partial charge is 0.483 e. The van der Waals surface area contributed by atoms with Crippen LogP contribution in [-0.4, -0.2) is 29.5 Å². The lowest BCUT2D eigenvalue weighted by Crippen LogP contribution is -2.31. The smallest absolute Gasteiger partial charge is 0.281 e. The van der Waals surface area contributed by atoms with Crippen molar-refractivity contribution in [3.05, 3.63) is 99.5 Å². The molecule has 156 valence electrons. The van der Waals surface area contributed by atoms with Crippen LogP contribution in [0.4, 0.5) is 0 Å². The fourth-order valence-corrected chi connectivity index (χ4v) is 3.67. The zero-order chi connectivity index (χ0) is 21.8. The number of hydrazone groups is 1. The van der Waals surface area contributed by atoms with E-state index in [4.69, 9.17) is 27.9 Å². The van der Waals surface area contributed by atoms with Gasteiger partial charge in [-0.2, -0.15) is 5.10 Å². The number of carbonyl (C=O) groups excluding carboxylic acids is 2. The number of hydrogen-bond donors (Lipinski definition) is 0. The summed E-state index contributed by atoms with van der Waals surface area (Å²) in [5.41, 5.74) is 2.97. The average molecular weight is 453 g/mol. The molecular weight excluding hydrogens is 435 g/mol. The maximum absolute atomic E-state index is 13.1. The molecule has 0 aliphatic carbocycles. The molecule has 5 nitrogen and oxygen atoms in total. The Kier molecular flexibility index (Phi) is 6.35. The van der Waals surface area contributed by atoms with E-state index in [0.717, 1.165) is 16.8 Å².